The van der Waals surface area contributed by atoms with Gasteiger partial charge in [-0.3, -0.25) is 0 Å². The third-order valence-corrected chi connectivity index (χ3v) is 6.49. The average Bonchev–Trinajstić information content (AvgIpc) is 2.83. The minimum atomic E-state index is -0.256. The van der Waals surface area contributed by atoms with E-state index >= 15 is 0 Å². The molecule has 0 aromatic heterocycles. The van der Waals surface area contributed by atoms with Gasteiger partial charge >= 0.3 is 0 Å². The Morgan fingerprint density at radius 1 is 0.697 bits per heavy atom. The van der Waals surface area contributed by atoms with Gasteiger partial charge < -0.3 is 14.6 Å². The van der Waals surface area contributed by atoms with Crippen LogP contribution in [0.1, 0.15) is 81.4 Å². The minimum absolute atomic E-state index is 0.256. The number of benzene rings is 3. The Labute approximate surface area is 199 Å². The lowest BCUT2D eigenvalue weighted by Crippen LogP contribution is -2.16. The van der Waals surface area contributed by atoms with Gasteiger partial charge in [-0.15, -0.1) is 0 Å². The fraction of sp³-hybridized carbons (Fsp3) is 0.400. The number of aromatic hydroxyl groups is 1. The first kappa shape index (κ1) is 24.9. The van der Waals surface area contributed by atoms with E-state index in [-0.39, 0.29) is 6.29 Å². The molecular formula is C30H38O3. The zero-order valence-corrected chi connectivity index (χ0v) is 20.4. The summed E-state index contributed by atoms with van der Waals surface area (Å²) in [6, 6.07) is 27.0. The van der Waals surface area contributed by atoms with Crippen molar-refractivity contribution in [1.29, 1.82) is 0 Å². The molecule has 4 atom stereocenters. The van der Waals surface area contributed by atoms with E-state index in [0.29, 0.717) is 30.1 Å². The Kier molecular flexibility index (Phi) is 9.38. The van der Waals surface area contributed by atoms with Crippen LogP contribution >= 0.6 is 0 Å². The highest BCUT2D eigenvalue weighted by molar-refractivity contribution is 5.32. The van der Waals surface area contributed by atoms with E-state index in [0.717, 1.165) is 25.0 Å². The molecule has 0 aliphatic carbocycles. The summed E-state index contributed by atoms with van der Waals surface area (Å²) in [6.07, 6.45) is 2.95. The molecule has 1 N–H and O–H groups in total. The molecule has 0 heterocycles. The second kappa shape index (κ2) is 12.5. The number of phenolic OH excluding ortho intramolecular Hbond substituents is 1. The highest BCUT2D eigenvalue weighted by Gasteiger charge is 2.22. The number of rotatable bonds is 12. The number of hydrogen-bond donors (Lipinski definition) is 1. The number of ether oxygens (including phenoxy) is 2. The first-order valence-corrected chi connectivity index (χ1v) is 12.2. The van der Waals surface area contributed by atoms with Crippen LogP contribution in [0.2, 0.25) is 0 Å². The van der Waals surface area contributed by atoms with Gasteiger partial charge in [0.25, 0.3) is 0 Å². The Balaban J connectivity index is 1.82. The fourth-order valence-corrected chi connectivity index (χ4v) is 4.62. The van der Waals surface area contributed by atoms with Gasteiger partial charge in [-0.25, -0.2) is 0 Å². The third kappa shape index (κ3) is 7.36. The lowest BCUT2D eigenvalue weighted by Gasteiger charge is -2.27. The van der Waals surface area contributed by atoms with E-state index in [1.807, 2.05) is 13.8 Å². The van der Waals surface area contributed by atoms with Crippen LogP contribution in [0.4, 0.5) is 0 Å². The molecule has 3 heteroatoms. The smallest absolute Gasteiger partial charge is 0.196 e. The Morgan fingerprint density at radius 3 is 1.91 bits per heavy atom. The molecule has 3 rings (SSSR count). The third-order valence-electron chi connectivity index (χ3n) is 6.49. The van der Waals surface area contributed by atoms with E-state index in [4.69, 9.17) is 9.47 Å². The van der Waals surface area contributed by atoms with Crippen LogP contribution in [0.15, 0.2) is 78.9 Å². The Morgan fingerprint density at radius 2 is 1.30 bits per heavy atom. The molecule has 0 spiro atoms. The van der Waals surface area contributed by atoms with Crippen molar-refractivity contribution < 1.29 is 14.6 Å². The molecule has 0 amide bonds. The van der Waals surface area contributed by atoms with Crippen molar-refractivity contribution in [2.75, 3.05) is 6.61 Å². The van der Waals surface area contributed by atoms with Crippen molar-refractivity contribution >= 4 is 0 Å². The molecule has 0 saturated heterocycles. The lowest BCUT2D eigenvalue weighted by atomic mass is 9.78. The summed E-state index contributed by atoms with van der Waals surface area (Å²) >= 11 is 0. The second-order valence-corrected chi connectivity index (χ2v) is 8.89. The molecule has 0 saturated carbocycles. The van der Waals surface area contributed by atoms with E-state index in [9.17, 15) is 5.11 Å². The molecule has 3 aromatic rings. The van der Waals surface area contributed by atoms with Gasteiger partial charge in [-0.2, -0.15) is 0 Å². The van der Waals surface area contributed by atoms with E-state index in [1.54, 1.807) is 12.1 Å². The molecule has 0 aliphatic heterocycles. The monoisotopic (exact) mass is 446 g/mol. The average molecular weight is 447 g/mol. The predicted octanol–water partition coefficient (Wildman–Crippen LogP) is 8.01. The van der Waals surface area contributed by atoms with Gasteiger partial charge in [0.05, 0.1) is 0 Å². The minimum Gasteiger partial charge on any atom is -0.508 e. The van der Waals surface area contributed by atoms with Crippen LogP contribution < -0.4 is 4.74 Å². The van der Waals surface area contributed by atoms with Crippen LogP contribution in [-0.4, -0.2) is 18.0 Å². The summed E-state index contributed by atoms with van der Waals surface area (Å²) < 4.78 is 11.4. The topological polar surface area (TPSA) is 38.7 Å². The summed E-state index contributed by atoms with van der Waals surface area (Å²) in [4.78, 5) is 0. The summed E-state index contributed by atoms with van der Waals surface area (Å²) in [6.45, 7) is 9.10. The standard InChI is InChI=1S/C30H38O3/c1-5-24(26-12-16-29(31)17-13-26)21-28(20-22(3)25-10-8-7-9-11-25)27-14-18-30(19-15-27)33-23(4)32-6-2/h7-19,22-24,28,31H,5-6,20-21H2,1-4H3. The van der Waals surface area contributed by atoms with Crippen LogP contribution in [0.3, 0.4) is 0 Å². The normalized spacial score (nSPS) is 14.9. The maximum atomic E-state index is 9.72. The molecule has 4 unspecified atom stereocenters. The summed E-state index contributed by atoms with van der Waals surface area (Å²) in [5.41, 5.74) is 4.01. The van der Waals surface area contributed by atoms with E-state index in [2.05, 4.69) is 80.6 Å². The molecule has 3 nitrogen and oxygen atoms in total. The van der Waals surface area contributed by atoms with Gasteiger partial charge in [0.15, 0.2) is 6.29 Å². The lowest BCUT2D eigenvalue weighted by molar-refractivity contribution is -0.0613. The Hall–Kier alpha value is -2.78. The molecule has 33 heavy (non-hydrogen) atoms. The van der Waals surface area contributed by atoms with Crippen LogP contribution in [0.25, 0.3) is 0 Å². The molecule has 0 fully saturated rings. The van der Waals surface area contributed by atoms with Gasteiger partial charge in [-0.05, 0) is 91.8 Å². The zero-order valence-electron chi connectivity index (χ0n) is 20.4. The van der Waals surface area contributed by atoms with Crippen LogP contribution in [0, 0.1) is 0 Å². The van der Waals surface area contributed by atoms with Gasteiger partial charge in [0, 0.05) is 6.61 Å². The van der Waals surface area contributed by atoms with Crippen LogP contribution in [-0.2, 0) is 4.74 Å². The highest BCUT2D eigenvalue weighted by atomic mass is 16.7. The molecule has 0 radical (unpaired) electrons. The first-order valence-electron chi connectivity index (χ1n) is 12.2. The Bertz CT molecular complexity index is 935. The number of hydrogen-bond acceptors (Lipinski definition) is 3. The van der Waals surface area contributed by atoms with Crippen molar-refractivity contribution in [3.8, 4) is 11.5 Å². The first-order chi connectivity index (χ1) is 16.0. The van der Waals surface area contributed by atoms with Crippen molar-refractivity contribution in [3.63, 3.8) is 0 Å². The van der Waals surface area contributed by atoms with Gasteiger partial charge in [-0.1, -0.05) is 68.4 Å². The quantitative estimate of drug-likeness (QED) is 0.286. The van der Waals surface area contributed by atoms with Crippen LogP contribution in [0.5, 0.6) is 11.5 Å². The molecular weight excluding hydrogens is 408 g/mol. The summed E-state index contributed by atoms with van der Waals surface area (Å²) in [7, 11) is 0. The van der Waals surface area contributed by atoms with Crippen molar-refractivity contribution in [2.24, 2.45) is 0 Å². The van der Waals surface area contributed by atoms with Crippen molar-refractivity contribution in [3.05, 3.63) is 95.6 Å². The van der Waals surface area contributed by atoms with Crippen molar-refractivity contribution in [1.82, 2.24) is 0 Å². The maximum absolute atomic E-state index is 9.72. The summed E-state index contributed by atoms with van der Waals surface area (Å²) in [5.74, 6) is 2.46. The largest absolute Gasteiger partial charge is 0.508 e. The van der Waals surface area contributed by atoms with Crippen molar-refractivity contribution in [2.45, 2.75) is 71.0 Å². The number of phenols is 1. The maximum Gasteiger partial charge on any atom is 0.196 e. The fourth-order valence-electron chi connectivity index (χ4n) is 4.62. The summed E-state index contributed by atoms with van der Waals surface area (Å²) in [5, 5.41) is 9.72. The molecule has 176 valence electrons. The molecule has 0 bridgehead atoms. The zero-order chi connectivity index (χ0) is 23.6. The van der Waals surface area contributed by atoms with Gasteiger partial charge in [0.2, 0.25) is 0 Å². The van der Waals surface area contributed by atoms with E-state index in [1.165, 1.54) is 16.7 Å². The van der Waals surface area contributed by atoms with Gasteiger partial charge in [0.1, 0.15) is 11.5 Å². The highest BCUT2D eigenvalue weighted by Crippen LogP contribution is 2.39. The predicted molar refractivity (Wildman–Crippen MR) is 136 cm³/mol. The second-order valence-electron chi connectivity index (χ2n) is 8.89. The molecule has 0 aliphatic rings. The SMILES string of the molecule is CCOC(C)Oc1ccc(C(CC(C)c2ccccc2)CC(CC)c2ccc(O)cc2)cc1. The molecule has 3 aromatic carbocycles. The van der Waals surface area contributed by atoms with E-state index < -0.39 is 0 Å².